The van der Waals surface area contributed by atoms with E-state index < -0.39 is 5.79 Å². The summed E-state index contributed by atoms with van der Waals surface area (Å²) < 4.78 is 11.6. The number of aliphatic hydroxyl groups is 1. The first-order chi connectivity index (χ1) is 10.2. The maximum Gasteiger partial charge on any atom is 0.170 e. The molecule has 0 saturated carbocycles. The Morgan fingerprint density at radius 3 is 1.90 bits per heavy atom. The summed E-state index contributed by atoms with van der Waals surface area (Å²) in [6.45, 7) is 4.67. The Labute approximate surface area is 132 Å². The third-order valence-electron chi connectivity index (χ3n) is 4.53. The highest BCUT2D eigenvalue weighted by Gasteiger charge is 2.37. The number of hydrogen-bond acceptors (Lipinski definition) is 3. The van der Waals surface area contributed by atoms with Crippen molar-refractivity contribution in [1.29, 1.82) is 0 Å². The average Bonchev–Trinajstić information content (AvgIpc) is 2.51. The molecule has 128 valence electrons. The maximum absolute atomic E-state index is 9.14. The first-order valence-corrected chi connectivity index (χ1v) is 8.91. The fourth-order valence-electron chi connectivity index (χ4n) is 3.27. The normalized spacial score (nSPS) is 13.6. The van der Waals surface area contributed by atoms with E-state index in [0.717, 1.165) is 32.1 Å². The number of hydrogen-bond donors (Lipinski definition) is 1. The molecule has 0 aromatic heterocycles. The van der Waals surface area contributed by atoms with Crippen molar-refractivity contribution in [2.24, 2.45) is 5.92 Å². The summed E-state index contributed by atoms with van der Waals surface area (Å²) in [4.78, 5) is 0. The van der Waals surface area contributed by atoms with Gasteiger partial charge in [0.1, 0.15) is 0 Å². The summed E-state index contributed by atoms with van der Waals surface area (Å²) >= 11 is 0. The van der Waals surface area contributed by atoms with Gasteiger partial charge >= 0.3 is 0 Å². The second kappa shape index (κ2) is 13.5. The molecule has 0 aliphatic heterocycles. The molecule has 0 fully saturated rings. The molecule has 21 heavy (non-hydrogen) atoms. The summed E-state index contributed by atoms with van der Waals surface area (Å²) in [5, 5.41) is 9.14. The van der Waals surface area contributed by atoms with Crippen molar-refractivity contribution in [3.05, 3.63) is 0 Å². The van der Waals surface area contributed by atoms with Gasteiger partial charge in [-0.15, -0.1) is 0 Å². The van der Waals surface area contributed by atoms with Crippen molar-refractivity contribution >= 4 is 0 Å². The monoisotopic (exact) mass is 302 g/mol. The SMILES string of the molecule is CCCCCCCCC(CCCO)C(CCC)(OC)OC. The van der Waals surface area contributed by atoms with Crippen molar-refractivity contribution in [3.63, 3.8) is 0 Å². The summed E-state index contributed by atoms with van der Waals surface area (Å²) in [6.07, 6.45) is 12.8. The second-order valence-corrected chi connectivity index (χ2v) is 6.09. The van der Waals surface area contributed by atoms with Gasteiger partial charge in [-0.1, -0.05) is 58.8 Å². The summed E-state index contributed by atoms with van der Waals surface area (Å²) in [6, 6.07) is 0. The number of ether oxygens (including phenoxy) is 2. The molecule has 1 N–H and O–H groups in total. The molecule has 0 rings (SSSR count). The lowest BCUT2D eigenvalue weighted by atomic mass is 9.85. The molecule has 0 spiro atoms. The van der Waals surface area contributed by atoms with E-state index in [1.54, 1.807) is 14.2 Å². The molecule has 0 radical (unpaired) electrons. The van der Waals surface area contributed by atoms with E-state index in [2.05, 4.69) is 13.8 Å². The third kappa shape index (κ3) is 8.18. The molecule has 0 bridgehead atoms. The molecule has 0 aliphatic rings. The van der Waals surface area contributed by atoms with Gasteiger partial charge in [0.2, 0.25) is 0 Å². The van der Waals surface area contributed by atoms with Gasteiger partial charge in [-0.2, -0.15) is 0 Å². The molecule has 0 saturated heterocycles. The van der Waals surface area contributed by atoms with Crippen LogP contribution in [0.2, 0.25) is 0 Å². The van der Waals surface area contributed by atoms with Crippen LogP contribution in [0.1, 0.15) is 84.5 Å². The smallest absolute Gasteiger partial charge is 0.170 e. The van der Waals surface area contributed by atoms with E-state index in [1.807, 2.05) is 0 Å². The van der Waals surface area contributed by atoms with Gasteiger partial charge in [0.15, 0.2) is 5.79 Å². The van der Waals surface area contributed by atoms with E-state index in [9.17, 15) is 0 Å². The summed E-state index contributed by atoms with van der Waals surface area (Å²) in [5.74, 6) is -0.0846. The zero-order valence-corrected chi connectivity index (χ0v) is 14.8. The fraction of sp³-hybridized carbons (Fsp3) is 1.00. The third-order valence-corrected chi connectivity index (χ3v) is 4.53. The van der Waals surface area contributed by atoms with Crippen molar-refractivity contribution in [1.82, 2.24) is 0 Å². The lowest BCUT2D eigenvalue weighted by molar-refractivity contribution is -0.247. The van der Waals surface area contributed by atoms with Crippen LogP contribution < -0.4 is 0 Å². The molecule has 1 atom stereocenters. The Morgan fingerprint density at radius 2 is 1.38 bits per heavy atom. The highest BCUT2D eigenvalue weighted by molar-refractivity contribution is 4.79. The van der Waals surface area contributed by atoms with Crippen LogP contribution in [-0.2, 0) is 9.47 Å². The number of methoxy groups -OCH3 is 2. The maximum atomic E-state index is 9.14. The van der Waals surface area contributed by atoms with Crippen molar-refractivity contribution < 1.29 is 14.6 Å². The largest absolute Gasteiger partial charge is 0.396 e. The van der Waals surface area contributed by atoms with Crippen molar-refractivity contribution in [2.75, 3.05) is 20.8 Å². The molecule has 3 heteroatoms. The minimum atomic E-state index is -0.465. The van der Waals surface area contributed by atoms with E-state index in [-0.39, 0.29) is 6.61 Å². The van der Waals surface area contributed by atoms with Crippen LogP contribution in [0.5, 0.6) is 0 Å². The van der Waals surface area contributed by atoms with Crippen molar-refractivity contribution in [2.45, 2.75) is 90.3 Å². The molecule has 3 nitrogen and oxygen atoms in total. The zero-order valence-electron chi connectivity index (χ0n) is 14.8. The standard InChI is InChI=1S/C18H38O3/c1-5-7-8-9-10-11-13-17(14-12-16-19)18(20-3,21-4)15-6-2/h17,19H,5-16H2,1-4H3. The van der Waals surface area contributed by atoms with Crippen LogP contribution in [0.15, 0.2) is 0 Å². The van der Waals surface area contributed by atoms with E-state index >= 15 is 0 Å². The van der Waals surface area contributed by atoms with Crippen LogP contribution in [0, 0.1) is 5.92 Å². The highest BCUT2D eigenvalue weighted by atomic mass is 16.7. The quantitative estimate of drug-likeness (QED) is 0.345. The Bertz CT molecular complexity index is 215. The minimum Gasteiger partial charge on any atom is -0.396 e. The number of unbranched alkanes of at least 4 members (excludes halogenated alkanes) is 5. The molecule has 0 heterocycles. The first-order valence-electron chi connectivity index (χ1n) is 8.91. The number of rotatable bonds is 15. The fourth-order valence-corrected chi connectivity index (χ4v) is 3.27. The van der Waals surface area contributed by atoms with Crippen LogP contribution in [-0.4, -0.2) is 31.7 Å². The number of aliphatic hydroxyl groups excluding tert-OH is 1. The Balaban J connectivity index is 4.39. The van der Waals surface area contributed by atoms with Gasteiger partial charge in [0, 0.05) is 33.2 Å². The van der Waals surface area contributed by atoms with E-state index in [1.165, 1.54) is 38.5 Å². The molecular formula is C18H38O3. The highest BCUT2D eigenvalue weighted by Crippen LogP contribution is 2.35. The molecule has 0 aromatic rings. The van der Waals surface area contributed by atoms with Gasteiger partial charge in [0.25, 0.3) is 0 Å². The molecular weight excluding hydrogens is 264 g/mol. The topological polar surface area (TPSA) is 38.7 Å². The Hall–Kier alpha value is -0.120. The van der Waals surface area contributed by atoms with Gasteiger partial charge in [-0.3, -0.25) is 0 Å². The van der Waals surface area contributed by atoms with Crippen LogP contribution in [0.25, 0.3) is 0 Å². The minimum absolute atomic E-state index is 0.253. The van der Waals surface area contributed by atoms with Crippen LogP contribution in [0.4, 0.5) is 0 Å². The van der Waals surface area contributed by atoms with E-state index in [4.69, 9.17) is 14.6 Å². The van der Waals surface area contributed by atoms with Gasteiger partial charge in [-0.25, -0.2) is 0 Å². The predicted molar refractivity (Wildman–Crippen MR) is 89.5 cm³/mol. The Kier molecular flexibility index (Phi) is 13.5. The second-order valence-electron chi connectivity index (χ2n) is 6.09. The average molecular weight is 302 g/mol. The van der Waals surface area contributed by atoms with Crippen LogP contribution >= 0.6 is 0 Å². The van der Waals surface area contributed by atoms with Gasteiger partial charge < -0.3 is 14.6 Å². The lowest BCUT2D eigenvalue weighted by Gasteiger charge is -2.38. The predicted octanol–water partition coefficient (Wildman–Crippen LogP) is 4.91. The molecule has 1 unspecified atom stereocenters. The van der Waals surface area contributed by atoms with Crippen LogP contribution in [0.3, 0.4) is 0 Å². The summed E-state index contributed by atoms with van der Waals surface area (Å²) in [7, 11) is 3.51. The lowest BCUT2D eigenvalue weighted by Crippen LogP contribution is -2.42. The molecule has 0 aliphatic carbocycles. The van der Waals surface area contributed by atoms with Gasteiger partial charge in [0.05, 0.1) is 0 Å². The van der Waals surface area contributed by atoms with Gasteiger partial charge in [-0.05, 0) is 19.3 Å². The summed E-state index contributed by atoms with van der Waals surface area (Å²) in [5.41, 5.74) is 0. The van der Waals surface area contributed by atoms with Crippen molar-refractivity contribution in [3.8, 4) is 0 Å². The zero-order chi connectivity index (χ0) is 16.0. The molecule has 0 aromatic carbocycles. The van der Waals surface area contributed by atoms with E-state index in [0.29, 0.717) is 5.92 Å². The molecule has 0 amide bonds. The Morgan fingerprint density at radius 1 is 0.810 bits per heavy atom. The first kappa shape index (κ1) is 20.9.